The smallest absolute Gasteiger partial charge is 0.0950 e. The summed E-state index contributed by atoms with van der Waals surface area (Å²) in [5.41, 5.74) is 1.81. The molecule has 1 aliphatic heterocycles. The summed E-state index contributed by atoms with van der Waals surface area (Å²) in [6, 6.07) is 0.693. The van der Waals surface area contributed by atoms with E-state index in [9.17, 15) is 0 Å². The van der Waals surface area contributed by atoms with Crippen molar-refractivity contribution in [1.29, 1.82) is 0 Å². The highest BCUT2D eigenvalue weighted by Gasteiger charge is 2.34. The molecule has 3 nitrogen and oxygen atoms in total. The first kappa shape index (κ1) is 14.1. The maximum atomic E-state index is 4.51. The maximum Gasteiger partial charge on any atom is 0.0950 e. The highest BCUT2D eigenvalue weighted by atomic mass is 15.1. The van der Waals surface area contributed by atoms with Crippen molar-refractivity contribution < 1.29 is 0 Å². The van der Waals surface area contributed by atoms with Crippen LogP contribution in [0.15, 0.2) is 12.5 Å². The van der Waals surface area contributed by atoms with Crippen LogP contribution in [-0.2, 0) is 5.41 Å². The number of aromatic nitrogens is 2. The number of imidazole rings is 1. The molecule has 0 radical (unpaired) electrons. The van der Waals surface area contributed by atoms with Crippen molar-refractivity contribution in [1.82, 2.24) is 14.9 Å². The van der Waals surface area contributed by atoms with Crippen LogP contribution in [0.25, 0.3) is 0 Å². The second kappa shape index (κ2) is 5.88. The molecule has 1 aliphatic carbocycles. The predicted molar refractivity (Wildman–Crippen MR) is 83.0 cm³/mol. The quantitative estimate of drug-likeness (QED) is 0.912. The Morgan fingerprint density at radius 2 is 2.15 bits per heavy atom. The molecule has 0 aromatic carbocycles. The molecule has 1 N–H and O–H groups in total. The summed E-state index contributed by atoms with van der Waals surface area (Å²) in [5.74, 6) is 0.921. The van der Waals surface area contributed by atoms with Gasteiger partial charge in [0.25, 0.3) is 0 Å². The molecule has 20 heavy (non-hydrogen) atoms. The van der Waals surface area contributed by atoms with E-state index < -0.39 is 0 Å². The molecule has 112 valence electrons. The minimum absolute atomic E-state index is 0.320. The number of piperidine rings is 1. The van der Waals surface area contributed by atoms with Crippen molar-refractivity contribution in [3.8, 4) is 0 Å². The van der Waals surface area contributed by atoms with Crippen LogP contribution in [0, 0.1) is 5.92 Å². The summed E-state index contributed by atoms with van der Waals surface area (Å²) in [6.07, 6.45) is 13.6. The molecule has 2 fully saturated rings. The van der Waals surface area contributed by atoms with Crippen molar-refractivity contribution in [3.63, 3.8) is 0 Å². The van der Waals surface area contributed by atoms with Crippen molar-refractivity contribution in [2.45, 2.75) is 70.3 Å². The molecule has 0 bridgehead atoms. The molecule has 1 saturated carbocycles. The number of hydrogen-bond donors (Lipinski definition) is 1. The second-order valence-electron chi connectivity index (χ2n) is 7.09. The van der Waals surface area contributed by atoms with Crippen LogP contribution >= 0.6 is 0 Å². The van der Waals surface area contributed by atoms with Gasteiger partial charge in [-0.15, -0.1) is 0 Å². The zero-order chi connectivity index (χ0) is 14.0. The van der Waals surface area contributed by atoms with Crippen molar-refractivity contribution >= 4 is 0 Å². The Morgan fingerprint density at radius 3 is 2.90 bits per heavy atom. The Hall–Kier alpha value is -0.830. The molecule has 1 aromatic heterocycles. The molecule has 2 unspecified atom stereocenters. The highest BCUT2D eigenvalue weighted by Crippen LogP contribution is 2.39. The monoisotopic (exact) mass is 275 g/mol. The van der Waals surface area contributed by atoms with Crippen LogP contribution in [0.1, 0.15) is 70.5 Å². The van der Waals surface area contributed by atoms with Crippen LogP contribution in [0.5, 0.6) is 0 Å². The van der Waals surface area contributed by atoms with Crippen LogP contribution in [0.4, 0.5) is 0 Å². The maximum absolute atomic E-state index is 4.51. The van der Waals surface area contributed by atoms with Gasteiger partial charge in [-0.3, -0.25) is 0 Å². The number of hydrogen-bond acceptors (Lipinski definition) is 2. The van der Waals surface area contributed by atoms with Crippen LogP contribution < -0.4 is 5.32 Å². The van der Waals surface area contributed by atoms with Gasteiger partial charge >= 0.3 is 0 Å². The van der Waals surface area contributed by atoms with E-state index in [4.69, 9.17) is 0 Å². The lowest BCUT2D eigenvalue weighted by atomic mass is 9.77. The molecule has 3 heteroatoms. The summed E-state index contributed by atoms with van der Waals surface area (Å²) < 4.78 is 2.53. The van der Waals surface area contributed by atoms with Gasteiger partial charge in [0, 0.05) is 23.3 Å². The Kier molecular flexibility index (Phi) is 4.16. The molecule has 1 aromatic rings. The van der Waals surface area contributed by atoms with E-state index in [0.717, 1.165) is 19.0 Å². The van der Waals surface area contributed by atoms with Crippen LogP contribution in [-0.4, -0.2) is 22.6 Å². The van der Waals surface area contributed by atoms with Crippen molar-refractivity contribution in [2.75, 3.05) is 13.1 Å². The van der Waals surface area contributed by atoms with Gasteiger partial charge in [0.2, 0.25) is 0 Å². The normalized spacial score (nSPS) is 30.3. The molecule has 0 spiro atoms. The standard InChI is InChI=1S/C17H29N3/c1-3-14-5-4-6-15(11-14)20-13-19-12-16(20)17(2)7-9-18-10-8-17/h12-15,18H,3-11H2,1-2H3. The number of rotatable bonds is 3. The fourth-order valence-corrected chi connectivity index (χ4v) is 4.18. The largest absolute Gasteiger partial charge is 0.331 e. The van der Waals surface area contributed by atoms with E-state index in [1.807, 2.05) is 0 Å². The van der Waals surface area contributed by atoms with E-state index in [1.165, 1.54) is 50.6 Å². The molecular formula is C17H29N3. The first-order chi connectivity index (χ1) is 9.73. The van der Waals surface area contributed by atoms with E-state index in [-0.39, 0.29) is 0 Å². The van der Waals surface area contributed by atoms with Crippen molar-refractivity contribution in [3.05, 3.63) is 18.2 Å². The third-order valence-electron chi connectivity index (χ3n) is 5.72. The Balaban J connectivity index is 1.82. The molecule has 2 aliphatic rings. The van der Waals surface area contributed by atoms with Gasteiger partial charge < -0.3 is 9.88 Å². The zero-order valence-electron chi connectivity index (χ0n) is 13.1. The summed E-state index contributed by atoms with van der Waals surface area (Å²) in [5, 5.41) is 3.49. The first-order valence-electron chi connectivity index (χ1n) is 8.46. The van der Waals surface area contributed by atoms with Gasteiger partial charge in [0.05, 0.1) is 6.33 Å². The predicted octanol–water partition coefficient (Wildman–Crippen LogP) is 3.67. The topological polar surface area (TPSA) is 29.9 Å². The Bertz CT molecular complexity index is 431. The number of nitrogens with zero attached hydrogens (tertiary/aromatic N) is 2. The molecular weight excluding hydrogens is 246 g/mol. The summed E-state index contributed by atoms with van der Waals surface area (Å²) >= 11 is 0. The minimum Gasteiger partial charge on any atom is -0.331 e. The highest BCUT2D eigenvalue weighted by molar-refractivity contribution is 5.16. The molecule has 2 heterocycles. The van der Waals surface area contributed by atoms with Gasteiger partial charge in [-0.2, -0.15) is 0 Å². The van der Waals surface area contributed by atoms with Gasteiger partial charge in [0.15, 0.2) is 0 Å². The van der Waals surface area contributed by atoms with Gasteiger partial charge in [-0.05, 0) is 44.7 Å². The van der Waals surface area contributed by atoms with Crippen molar-refractivity contribution in [2.24, 2.45) is 5.92 Å². The van der Waals surface area contributed by atoms with E-state index >= 15 is 0 Å². The average molecular weight is 275 g/mol. The first-order valence-corrected chi connectivity index (χ1v) is 8.46. The van der Waals surface area contributed by atoms with Crippen LogP contribution in [0.2, 0.25) is 0 Å². The van der Waals surface area contributed by atoms with E-state index in [0.29, 0.717) is 11.5 Å². The fraction of sp³-hybridized carbons (Fsp3) is 0.824. The molecule has 2 atom stereocenters. The Morgan fingerprint density at radius 1 is 1.35 bits per heavy atom. The average Bonchev–Trinajstić information content (AvgIpc) is 2.98. The third-order valence-corrected chi connectivity index (χ3v) is 5.72. The fourth-order valence-electron chi connectivity index (χ4n) is 4.18. The van der Waals surface area contributed by atoms with Gasteiger partial charge in [-0.1, -0.05) is 33.1 Å². The lowest BCUT2D eigenvalue weighted by molar-refractivity contribution is 0.240. The van der Waals surface area contributed by atoms with Gasteiger partial charge in [-0.25, -0.2) is 4.98 Å². The lowest BCUT2D eigenvalue weighted by Gasteiger charge is -2.38. The summed E-state index contributed by atoms with van der Waals surface area (Å²) in [4.78, 5) is 4.51. The van der Waals surface area contributed by atoms with E-state index in [2.05, 4.69) is 41.2 Å². The summed E-state index contributed by atoms with van der Waals surface area (Å²) in [6.45, 7) is 7.06. The molecule has 1 saturated heterocycles. The lowest BCUT2D eigenvalue weighted by Crippen LogP contribution is -2.39. The second-order valence-corrected chi connectivity index (χ2v) is 7.09. The minimum atomic E-state index is 0.320. The number of nitrogens with one attached hydrogen (secondary N) is 1. The van der Waals surface area contributed by atoms with Crippen LogP contribution in [0.3, 0.4) is 0 Å². The SMILES string of the molecule is CCC1CCCC(n2cncc2C2(C)CCNCC2)C1. The summed E-state index contributed by atoms with van der Waals surface area (Å²) in [7, 11) is 0. The molecule has 0 amide bonds. The van der Waals surface area contributed by atoms with Gasteiger partial charge in [0.1, 0.15) is 0 Å². The zero-order valence-corrected chi connectivity index (χ0v) is 13.1. The molecule has 3 rings (SSSR count). The third kappa shape index (κ3) is 2.65. The Labute approximate surface area is 123 Å². The van der Waals surface area contributed by atoms with E-state index in [1.54, 1.807) is 0 Å².